The van der Waals surface area contributed by atoms with Crippen molar-refractivity contribution in [2.75, 3.05) is 0 Å². The zero-order chi connectivity index (χ0) is 11.6. The molecule has 1 nitrogen and oxygen atoms in total. The third-order valence-corrected chi connectivity index (χ3v) is 2.54. The van der Waals surface area contributed by atoms with Gasteiger partial charge in [0.15, 0.2) is 0 Å². The Hall–Kier alpha value is -0.820. The van der Waals surface area contributed by atoms with E-state index in [1.165, 1.54) is 16.7 Å². The standard InChI is InChI=1S/C14H23N/c1-10-7-8-13(11(2)9-10)12(3)15-14(4,5)6/h7-9,12,15H,1-6H3/t12-/m0/s1. The average Bonchev–Trinajstić information content (AvgIpc) is 1.99. The Labute approximate surface area is 93.9 Å². The summed E-state index contributed by atoms with van der Waals surface area (Å²) in [4.78, 5) is 0. The van der Waals surface area contributed by atoms with E-state index in [1.54, 1.807) is 0 Å². The molecule has 15 heavy (non-hydrogen) atoms. The van der Waals surface area contributed by atoms with E-state index in [0.717, 1.165) is 0 Å². The first-order valence-electron chi connectivity index (χ1n) is 5.64. The molecule has 0 aromatic heterocycles. The quantitative estimate of drug-likeness (QED) is 0.775. The molecule has 0 radical (unpaired) electrons. The van der Waals surface area contributed by atoms with Crippen molar-refractivity contribution in [2.24, 2.45) is 0 Å². The molecule has 0 bridgehead atoms. The summed E-state index contributed by atoms with van der Waals surface area (Å²) in [6, 6.07) is 7.07. The van der Waals surface area contributed by atoms with Crippen LogP contribution < -0.4 is 5.32 Å². The van der Waals surface area contributed by atoms with E-state index in [-0.39, 0.29) is 5.54 Å². The number of nitrogens with one attached hydrogen (secondary N) is 1. The molecule has 1 aromatic rings. The Morgan fingerprint density at radius 2 is 1.73 bits per heavy atom. The molecule has 1 heteroatoms. The highest BCUT2D eigenvalue weighted by molar-refractivity contribution is 5.32. The molecular formula is C14H23N. The lowest BCUT2D eigenvalue weighted by molar-refractivity contribution is 0.377. The van der Waals surface area contributed by atoms with Gasteiger partial charge in [0.1, 0.15) is 0 Å². The van der Waals surface area contributed by atoms with E-state index < -0.39 is 0 Å². The smallest absolute Gasteiger partial charge is 0.0299 e. The van der Waals surface area contributed by atoms with Crippen LogP contribution in [0.2, 0.25) is 0 Å². The minimum atomic E-state index is 0.163. The van der Waals surface area contributed by atoms with E-state index in [9.17, 15) is 0 Å². The predicted molar refractivity (Wildman–Crippen MR) is 67.2 cm³/mol. The van der Waals surface area contributed by atoms with Gasteiger partial charge in [0.2, 0.25) is 0 Å². The number of hydrogen-bond acceptors (Lipinski definition) is 1. The van der Waals surface area contributed by atoms with Gasteiger partial charge in [-0.3, -0.25) is 0 Å². The monoisotopic (exact) mass is 205 g/mol. The predicted octanol–water partition coefficient (Wildman–Crippen LogP) is 3.75. The van der Waals surface area contributed by atoms with Crippen LogP contribution in [0.5, 0.6) is 0 Å². The number of aryl methyl sites for hydroxylation is 2. The van der Waals surface area contributed by atoms with Crippen molar-refractivity contribution < 1.29 is 0 Å². The van der Waals surface area contributed by atoms with Crippen molar-refractivity contribution in [3.05, 3.63) is 34.9 Å². The SMILES string of the molecule is Cc1ccc([C@H](C)NC(C)(C)C)c(C)c1. The molecule has 84 valence electrons. The van der Waals surface area contributed by atoms with Gasteiger partial charge < -0.3 is 5.32 Å². The molecule has 0 saturated heterocycles. The van der Waals surface area contributed by atoms with Crippen LogP contribution in [-0.2, 0) is 0 Å². The lowest BCUT2D eigenvalue weighted by Crippen LogP contribution is -2.37. The second-order valence-electron chi connectivity index (χ2n) is 5.48. The molecular weight excluding hydrogens is 182 g/mol. The van der Waals surface area contributed by atoms with E-state index >= 15 is 0 Å². The number of rotatable bonds is 2. The van der Waals surface area contributed by atoms with Gasteiger partial charge >= 0.3 is 0 Å². The van der Waals surface area contributed by atoms with Gasteiger partial charge in [-0.15, -0.1) is 0 Å². The van der Waals surface area contributed by atoms with Gasteiger partial charge in [-0.05, 0) is 52.7 Å². The molecule has 0 aliphatic heterocycles. The maximum atomic E-state index is 3.60. The first-order valence-corrected chi connectivity index (χ1v) is 5.64. The minimum absolute atomic E-state index is 0.163. The third-order valence-electron chi connectivity index (χ3n) is 2.54. The number of benzene rings is 1. The molecule has 0 saturated carbocycles. The largest absolute Gasteiger partial charge is 0.306 e. The lowest BCUT2D eigenvalue weighted by Gasteiger charge is -2.27. The van der Waals surface area contributed by atoms with Crippen LogP contribution in [0.25, 0.3) is 0 Å². The van der Waals surface area contributed by atoms with Crippen LogP contribution in [-0.4, -0.2) is 5.54 Å². The molecule has 0 spiro atoms. The molecule has 1 atom stereocenters. The molecule has 0 aliphatic carbocycles. The van der Waals surface area contributed by atoms with Gasteiger partial charge in [-0.1, -0.05) is 23.8 Å². The van der Waals surface area contributed by atoms with Crippen molar-refractivity contribution >= 4 is 0 Å². The first-order chi connectivity index (χ1) is 6.79. The average molecular weight is 205 g/mol. The van der Waals surface area contributed by atoms with Crippen molar-refractivity contribution in [3.63, 3.8) is 0 Å². The van der Waals surface area contributed by atoms with E-state index in [0.29, 0.717) is 6.04 Å². The molecule has 0 unspecified atom stereocenters. The maximum Gasteiger partial charge on any atom is 0.0299 e. The fraction of sp³-hybridized carbons (Fsp3) is 0.571. The summed E-state index contributed by atoms with van der Waals surface area (Å²) >= 11 is 0. The topological polar surface area (TPSA) is 12.0 Å². The summed E-state index contributed by atoms with van der Waals surface area (Å²) in [6.45, 7) is 13.2. The van der Waals surface area contributed by atoms with Gasteiger partial charge in [-0.2, -0.15) is 0 Å². The molecule has 1 aromatic carbocycles. The minimum Gasteiger partial charge on any atom is -0.306 e. The Morgan fingerprint density at radius 1 is 1.13 bits per heavy atom. The summed E-state index contributed by atoms with van der Waals surface area (Å²) in [5.74, 6) is 0. The summed E-state index contributed by atoms with van der Waals surface area (Å²) in [7, 11) is 0. The third kappa shape index (κ3) is 3.67. The Balaban J connectivity index is 2.87. The van der Waals surface area contributed by atoms with Crippen LogP contribution in [0, 0.1) is 13.8 Å². The van der Waals surface area contributed by atoms with Gasteiger partial charge in [0.05, 0.1) is 0 Å². The van der Waals surface area contributed by atoms with Gasteiger partial charge in [-0.25, -0.2) is 0 Å². The first kappa shape index (κ1) is 12.3. The Kier molecular flexibility index (Phi) is 3.56. The zero-order valence-corrected chi connectivity index (χ0v) is 10.8. The lowest BCUT2D eigenvalue weighted by atomic mass is 9.98. The highest BCUT2D eigenvalue weighted by atomic mass is 15.0. The van der Waals surface area contributed by atoms with Crippen LogP contribution in [0.4, 0.5) is 0 Å². The van der Waals surface area contributed by atoms with E-state index in [4.69, 9.17) is 0 Å². The normalized spacial score (nSPS) is 14.0. The molecule has 1 rings (SSSR count). The van der Waals surface area contributed by atoms with E-state index in [1.807, 2.05) is 0 Å². The molecule has 0 fully saturated rings. The summed E-state index contributed by atoms with van der Waals surface area (Å²) in [5, 5.41) is 3.60. The fourth-order valence-electron chi connectivity index (χ4n) is 2.04. The van der Waals surface area contributed by atoms with Crippen molar-refractivity contribution in [1.82, 2.24) is 5.32 Å². The zero-order valence-electron chi connectivity index (χ0n) is 10.8. The summed E-state index contributed by atoms with van der Waals surface area (Å²) in [6.07, 6.45) is 0. The van der Waals surface area contributed by atoms with Gasteiger partial charge in [0, 0.05) is 11.6 Å². The highest BCUT2D eigenvalue weighted by Gasteiger charge is 2.15. The second-order valence-corrected chi connectivity index (χ2v) is 5.48. The summed E-state index contributed by atoms with van der Waals surface area (Å²) in [5.41, 5.74) is 4.27. The summed E-state index contributed by atoms with van der Waals surface area (Å²) < 4.78 is 0. The number of hydrogen-bond donors (Lipinski definition) is 1. The Bertz CT molecular complexity index is 334. The molecule has 0 aliphatic rings. The van der Waals surface area contributed by atoms with Crippen LogP contribution in [0.3, 0.4) is 0 Å². The maximum absolute atomic E-state index is 3.60. The molecule has 0 heterocycles. The molecule has 0 amide bonds. The Morgan fingerprint density at radius 3 is 2.20 bits per heavy atom. The van der Waals surface area contributed by atoms with Crippen molar-refractivity contribution in [1.29, 1.82) is 0 Å². The van der Waals surface area contributed by atoms with Crippen molar-refractivity contribution in [3.8, 4) is 0 Å². The highest BCUT2D eigenvalue weighted by Crippen LogP contribution is 2.20. The van der Waals surface area contributed by atoms with E-state index in [2.05, 4.69) is 65.1 Å². The van der Waals surface area contributed by atoms with Gasteiger partial charge in [0.25, 0.3) is 0 Å². The van der Waals surface area contributed by atoms with Crippen LogP contribution in [0.1, 0.15) is 50.4 Å². The molecule has 1 N–H and O–H groups in total. The second kappa shape index (κ2) is 4.36. The van der Waals surface area contributed by atoms with Crippen molar-refractivity contribution in [2.45, 2.75) is 53.1 Å². The van der Waals surface area contributed by atoms with Crippen LogP contribution >= 0.6 is 0 Å². The fourth-order valence-corrected chi connectivity index (χ4v) is 2.04. The van der Waals surface area contributed by atoms with Crippen LogP contribution in [0.15, 0.2) is 18.2 Å².